The molecule has 1 heterocycles. The molecule has 0 bridgehead atoms. The van der Waals surface area contributed by atoms with Gasteiger partial charge in [0.05, 0.1) is 17.3 Å². The summed E-state index contributed by atoms with van der Waals surface area (Å²) in [5.41, 5.74) is 6.97. The van der Waals surface area contributed by atoms with Crippen molar-refractivity contribution < 1.29 is 5.11 Å². The van der Waals surface area contributed by atoms with Gasteiger partial charge in [-0.3, -0.25) is 4.68 Å². The molecule has 0 aliphatic rings. The second-order valence-electron chi connectivity index (χ2n) is 6.99. The minimum Gasteiger partial charge on any atom is -0.508 e. The van der Waals surface area contributed by atoms with Gasteiger partial charge >= 0.3 is 0 Å². The maximum atomic E-state index is 9.65. The molecule has 0 saturated heterocycles. The van der Waals surface area contributed by atoms with E-state index in [1.807, 2.05) is 23.9 Å². The number of benzene rings is 3. The van der Waals surface area contributed by atoms with Crippen LogP contribution in [0, 0.1) is 0 Å². The van der Waals surface area contributed by atoms with Crippen LogP contribution < -0.4 is 0 Å². The molecule has 140 valence electrons. The average Bonchev–Trinajstić information content (AvgIpc) is 3.06. The highest BCUT2D eigenvalue weighted by Crippen LogP contribution is 2.37. The zero-order valence-corrected chi connectivity index (χ0v) is 16.2. The summed E-state index contributed by atoms with van der Waals surface area (Å²) < 4.78 is 2.02. The highest BCUT2D eigenvalue weighted by Gasteiger charge is 2.26. The fraction of sp³-hybridized carbons (Fsp3) is 0.160. The fourth-order valence-electron chi connectivity index (χ4n) is 3.94. The van der Waals surface area contributed by atoms with Crippen molar-refractivity contribution >= 4 is 0 Å². The molecular weight excluding hydrogens is 344 g/mol. The molecule has 1 N–H and O–H groups in total. The van der Waals surface area contributed by atoms with E-state index in [0.717, 1.165) is 17.7 Å². The molecule has 0 amide bonds. The van der Waals surface area contributed by atoms with Crippen molar-refractivity contribution in [3.05, 3.63) is 107 Å². The summed E-state index contributed by atoms with van der Waals surface area (Å²) in [6.07, 6.45) is 0.884. The van der Waals surface area contributed by atoms with Crippen molar-refractivity contribution in [3.8, 4) is 17.0 Å². The lowest BCUT2D eigenvalue weighted by Crippen LogP contribution is -2.11. The van der Waals surface area contributed by atoms with Crippen LogP contribution >= 0.6 is 0 Å². The van der Waals surface area contributed by atoms with Gasteiger partial charge in [0.25, 0.3) is 0 Å². The predicted octanol–water partition coefficient (Wildman–Crippen LogP) is 5.54. The smallest absolute Gasteiger partial charge is 0.115 e. The summed E-state index contributed by atoms with van der Waals surface area (Å²) in [4.78, 5) is 0. The van der Waals surface area contributed by atoms with E-state index in [1.165, 1.54) is 22.4 Å². The van der Waals surface area contributed by atoms with Crippen molar-refractivity contribution in [2.45, 2.75) is 19.3 Å². The standard InChI is InChI=1S/C25H24N2O/c1-3-22-24(20-14-16-21(28)17-15-20)26-27(2)25(22)23(18-10-6-4-7-11-18)19-12-8-5-9-13-19/h4-17,23,28H,3H2,1-2H3. The molecule has 1 aromatic heterocycles. The molecule has 0 aliphatic heterocycles. The number of phenols is 1. The van der Waals surface area contributed by atoms with E-state index in [1.54, 1.807) is 12.1 Å². The van der Waals surface area contributed by atoms with Crippen molar-refractivity contribution in [2.24, 2.45) is 7.05 Å². The van der Waals surface area contributed by atoms with Gasteiger partial charge in [0.15, 0.2) is 0 Å². The molecule has 0 saturated carbocycles. The molecule has 4 aromatic rings. The van der Waals surface area contributed by atoms with Gasteiger partial charge in [0, 0.05) is 18.2 Å². The van der Waals surface area contributed by atoms with Gasteiger partial charge in [0.2, 0.25) is 0 Å². The lowest BCUT2D eigenvalue weighted by molar-refractivity contribution is 0.475. The van der Waals surface area contributed by atoms with E-state index < -0.39 is 0 Å². The Bertz CT molecular complexity index is 1010. The third-order valence-electron chi connectivity index (χ3n) is 5.23. The Morgan fingerprint density at radius 1 is 0.821 bits per heavy atom. The van der Waals surface area contributed by atoms with Crippen molar-refractivity contribution in [3.63, 3.8) is 0 Å². The van der Waals surface area contributed by atoms with Crippen molar-refractivity contribution in [1.82, 2.24) is 9.78 Å². The molecule has 0 spiro atoms. The first-order valence-corrected chi connectivity index (χ1v) is 9.64. The predicted molar refractivity (Wildman–Crippen MR) is 114 cm³/mol. The van der Waals surface area contributed by atoms with E-state index in [4.69, 9.17) is 5.10 Å². The van der Waals surface area contributed by atoms with Crippen LogP contribution in [-0.4, -0.2) is 14.9 Å². The summed E-state index contributed by atoms with van der Waals surface area (Å²) in [5.74, 6) is 0.380. The van der Waals surface area contributed by atoms with Crippen LogP contribution in [0.1, 0.15) is 35.2 Å². The first kappa shape index (κ1) is 18.1. The van der Waals surface area contributed by atoms with E-state index in [9.17, 15) is 5.11 Å². The SMILES string of the molecule is CCc1c(-c2ccc(O)cc2)nn(C)c1C(c1ccccc1)c1ccccc1. The van der Waals surface area contributed by atoms with Crippen molar-refractivity contribution in [2.75, 3.05) is 0 Å². The van der Waals surface area contributed by atoms with Crippen LogP contribution in [0.15, 0.2) is 84.9 Å². The lowest BCUT2D eigenvalue weighted by atomic mass is 9.85. The van der Waals surface area contributed by atoms with Gasteiger partial charge in [0.1, 0.15) is 5.75 Å². The lowest BCUT2D eigenvalue weighted by Gasteiger charge is -2.20. The summed E-state index contributed by atoms with van der Waals surface area (Å²) in [7, 11) is 2.03. The van der Waals surface area contributed by atoms with Crippen LogP contribution in [0.25, 0.3) is 11.3 Å². The number of hydrogen-bond acceptors (Lipinski definition) is 2. The normalized spacial score (nSPS) is 11.1. The Balaban J connectivity index is 1.93. The minimum absolute atomic E-state index is 0.112. The number of aromatic nitrogens is 2. The Labute approximate surface area is 165 Å². The Hall–Kier alpha value is -3.33. The summed E-state index contributed by atoms with van der Waals surface area (Å²) in [5, 5.41) is 14.5. The number of rotatable bonds is 5. The highest BCUT2D eigenvalue weighted by molar-refractivity contribution is 5.66. The Morgan fingerprint density at radius 3 is 1.86 bits per heavy atom. The molecule has 0 atom stereocenters. The highest BCUT2D eigenvalue weighted by atomic mass is 16.3. The molecule has 28 heavy (non-hydrogen) atoms. The molecule has 0 unspecified atom stereocenters. The van der Waals surface area contributed by atoms with E-state index in [2.05, 4.69) is 67.6 Å². The summed E-state index contributed by atoms with van der Waals surface area (Å²) in [6, 6.07) is 28.5. The number of aryl methyl sites for hydroxylation is 1. The van der Waals surface area contributed by atoms with Crippen LogP contribution in [0.3, 0.4) is 0 Å². The van der Waals surface area contributed by atoms with Gasteiger partial charge in [-0.1, -0.05) is 67.6 Å². The minimum atomic E-state index is 0.112. The topological polar surface area (TPSA) is 38.1 Å². The molecule has 3 nitrogen and oxygen atoms in total. The number of aromatic hydroxyl groups is 1. The largest absolute Gasteiger partial charge is 0.508 e. The second-order valence-corrected chi connectivity index (χ2v) is 6.99. The second kappa shape index (κ2) is 7.73. The van der Waals surface area contributed by atoms with E-state index in [-0.39, 0.29) is 11.7 Å². The molecule has 3 aromatic carbocycles. The fourth-order valence-corrected chi connectivity index (χ4v) is 3.94. The van der Waals surface area contributed by atoms with Crippen LogP contribution in [0.5, 0.6) is 5.75 Å². The molecule has 4 rings (SSSR count). The third-order valence-corrected chi connectivity index (χ3v) is 5.23. The maximum absolute atomic E-state index is 9.65. The molecule has 0 radical (unpaired) electrons. The monoisotopic (exact) mass is 368 g/mol. The van der Waals surface area contributed by atoms with Gasteiger partial charge in [-0.05, 0) is 41.8 Å². The van der Waals surface area contributed by atoms with Gasteiger partial charge in [-0.15, -0.1) is 0 Å². The van der Waals surface area contributed by atoms with Crippen LogP contribution in [0.4, 0.5) is 0 Å². The van der Waals surface area contributed by atoms with Gasteiger partial charge < -0.3 is 5.11 Å². The van der Waals surface area contributed by atoms with E-state index in [0.29, 0.717) is 0 Å². The first-order valence-electron chi connectivity index (χ1n) is 9.64. The quantitative estimate of drug-likeness (QED) is 0.502. The van der Waals surface area contributed by atoms with Crippen LogP contribution in [-0.2, 0) is 13.5 Å². The molecule has 3 heteroatoms. The summed E-state index contributed by atoms with van der Waals surface area (Å²) in [6.45, 7) is 2.18. The Morgan fingerprint density at radius 2 is 1.36 bits per heavy atom. The van der Waals surface area contributed by atoms with E-state index >= 15 is 0 Å². The van der Waals surface area contributed by atoms with Gasteiger partial charge in [-0.25, -0.2) is 0 Å². The first-order chi connectivity index (χ1) is 13.7. The number of nitrogens with zero attached hydrogens (tertiary/aromatic N) is 2. The number of phenolic OH excluding ortho intramolecular Hbond substituents is 1. The summed E-state index contributed by atoms with van der Waals surface area (Å²) >= 11 is 0. The maximum Gasteiger partial charge on any atom is 0.115 e. The average molecular weight is 368 g/mol. The molecule has 0 aliphatic carbocycles. The van der Waals surface area contributed by atoms with Crippen molar-refractivity contribution in [1.29, 1.82) is 0 Å². The van der Waals surface area contributed by atoms with Gasteiger partial charge in [-0.2, -0.15) is 5.10 Å². The number of hydrogen-bond donors (Lipinski definition) is 1. The van der Waals surface area contributed by atoms with Crippen LogP contribution in [0.2, 0.25) is 0 Å². The molecular formula is C25H24N2O. The third kappa shape index (κ3) is 3.31. The zero-order chi connectivity index (χ0) is 19.5. The zero-order valence-electron chi connectivity index (χ0n) is 16.2. The molecule has 0 fully saturated rings. The Kier molecular flexibility index (Phi) is 4.98.